The molecule has 1 atom stereocenters. The number of rotatable bonds is 9. The minimum Gasteiger partial charge on any atom is -0.611 e. The van der Waals surface area contributed by atoms with Crippen LogP contribution in [0.1, 0.15) is 38.2 Å². The lowest BCUT2D eigenvalue weighted by Gasteiger charge is -2.11. The molecule has 0 heterocycles. The number of benzene rings is 2. The fourth-order valence-corrected chi connectivity index (χ4v) is 3.55. The highest BCUT2D eigenvalue weighted by Crippen LogP contribution is 2.17. The first-order chi connectivity index (χ1) is 12.6. The number of phenols is 1. The number of unbranched alkanes of at least 4 members (excludes halogenated alkanes) is 3. The zero-order valence-corrected chi connectivity index (χ0v) is 15.8. The molecule has 5 heteroatoms. The van der Waals surface area contributed by atoms with E-state index in [0.717, 1.165) is 23.3 Å². The number of nitrogens with one attached hydrogen (secondary N) is 1. The van der Waals surface area contributed by atoms with Gasteiger partial charge in [0.05, 0.1) is 0 Å². The molecule has 26 heavy (non-hydrogen) atoms. The molecule has 0 spiro atoms. The molecule has 2 aromatic carbocycles. The summed E-state index contributed by atoms with van der Waals surface area (Å²) in [7, 11) is 0. The van der Waals surface area contributed by atoms with Crippen LogP contribution in [-0.2, 0) is 16.0 Å². The zero-order valence-electron chi connectivity index (χ0n) is 15.0. The third-order valence-corrected chi connectivity index (χ3v) is 5.35. The number of carbonyl (C=O) groups is 1. The van der Waals surface area contributed by atoms with Crippen molar-refractivity contribution in [2.75, 3.05) is 11.1 Å². The highest BCUT2D eigenvalue weighted by Gasteiger charge is 2.10. The van der Waals surface area contributed by atoms with Gasteiger partial charge in [0.2, 0.25) is 5.91 Å². The molecule has 0 radical (unpaired) electrons. The summed E-state index contributed by atoms with van der Waals surface area (Å²) >= 11 is -0.985. The van der Waals surface area contributed by atoms with E-state index in [2.05, 4.69) is 12.2 Å². The van der Waals surface area contributed by atoms with Gasteiger partial charge in [0.25, 0.3) is 0 Å². The maximum absolute atomic E-state index is 12.2. The second kappa shape index (κ2) is 10.7. The molecule has 2 rings (SSSR count). The first kappa shape index (κ1) is 20.1. The van der Waals surface area contributed by atoms with E-state index in [0.29, 0.717) is 11.4 Å². The van der Waals surface area contributed by atoms with E-state index in [9.17, 15) is 14.5 Å². The third kappa shape index (κ3) is 6.94. The van der Waals surface area contributed by atoms with E-state index in [1.807, 2.05) is 0 Å². The Morgan fingerprint density at radius 2 is 1.77 bits per heavy atom. The van der Waals surface area contributed by atoms with Crippen molar-refractivity contribution in [1.82, 2.24) is 0 Å². The first-order valence-electron chi connectivity index (χ1n) is 8.85. The Morgan fingerprint density at radius 1 is 1.08 bits per heavy atom. The van der Waals surface area contributed by atoms with Gasteiger partial charge in [0.15, 0.2) is 4.90 Å². The summed E-state index contributed by atoms with van der Waals surface area (Å²) in [4.78, 5) is 12.8. The summed E-state index contributed by atoms with van der Waals surface area (Å²) < 4.78 is 12.2. The SMILES string of the molecule is CCCCCC[S+]([O-])c1ccc(NC(=O)C=Cc2ccc(O)cc2)cc1. The molecule has 0 aliphatic heterocycles. The van der Waals surface area contributed by atoms with E-state index in [-0.39, 0.29) is 11.7 Å². The standard InChI is InChI=1S/C21H25NO3S/c1-2-3-4-5-16-26(25)20-13-9-18(10-14-20)22-21(24)15-8-17-6-11-19(23)12-7-17/h6-15,23H,2-5,16H2,1H3,(H,22,24). The fourth-order valence-electron chi connectivity index (χ4n) is 2.41. The quantitative estimate of drug-likeness (QED) is 0.380. The zero-order chi connectivity index (χ0) is 18.8. The topological polar surface area (TPSA) is 72.4 Å². The van der Waals surface area contributed by atoms with Crippen molar-refractivity contribution in [2.45, 2.75) is 37.5 Å². The molecule has 2 N–H and O–H groups in total. The van der Waals surface area contributed by atoms with Crippen LogP contribution in [0.2, 0.25) is 0 Å². The number of aromatic hydroxyl groups is 1. The normalized spacial score (nSPS) is 12.2. The Hall–Kier alpha value is -2.24. The monoisotopic (exact) mass is 371 g/mol. The van der Waals surface area contributed by atoms with Crippen LogP contribution >= 0.6 is 0 Å². The number of phenolic OH excluding ortho intramolecular Hbond substituents is 1. The molecule has 138 valence electrons. The molecule has 4 nitrogen and oxygen atoms in total. The van der Waals surface area contributed by atoms with Crippen molar-refractivity contribution < 1.29 is 14.5 Å². The van der Waals surface area contributed by atoms with Crippen molar-refractivity contribution in [1.29, 1.82) is 0 Å². The van der Waals surface area contributed by atoms with Gasteiger partial charge < -0.3 is 15.0 Å². The fraction of sp³-hybridized carbons (Fsp3) is 0.286. The summed E-state index contributed by atoms with van der Waals surface area (Å²) in [5.74, 6) is 0.627. The Kier molecular flexibility index (Phi) is 8.25. The number of anilines is 1. The van der Waals surface area contributed by atoms with Crippen LogP contribution < -0.4 is 5.32 Å². The predicted molar refractivity (Wildman–Crippen MR) is 108 cm³/mol. The molecule has 0 fully saturated rings. The van der Waals surface area contributed by atoms with E-state index in [1.54, 1.807) is 54.6 Å². The number of hydrogen-bond donors (Lipinski definition) is 2. The summed E-state index contributed by atoms with van der Waals surface area (Å²) in [5.41, 5.74) is 1.49. The number of amides is 1. The molecular formula is C21H25NO3S. The van der Waals surface area contributed by atoms with Crippen LogP contribution in [0, 0.1) is 0 Å². The maximum Gasteiger partial charge on any atom is 0.248 e. The highest BCUT2D eigenvalue weighted by atomic mass is 32.2. The lowest BCUT2D eigenvalue weighted by atomic mass is 10.2. The Morgan fingerprint density at radius 3 is 2.42 bits per heavy atom. The highest BCUT2D eigenvalue weighted by molar-refractivity contribution is 7.91. The van der Waals surface area contributed by atoms with Gasteiger partial charge in [-0.2, -0.15) is 0 Å². The minimum absolute atomic E-state index is 0.189. The third-order valence-electron chi connectivity index (χ3n) is 3.89. The van der Waals surface area contributed by atoms with Crippen LogP contribution in [0.3, 0.4) is 0 Å². The van der Waals surface area contributed by atoms with Crippen molar-refractivity contribution in [2.24, 2.45) is 0 Å². The number of carbonyl (C=O) groups excluding carboxylic acids is 1. The maximum atomic E-state index is 12.2. The van der Waals surface area contributed by atoms with Gasteiger partial charge in [-0.05, 0) is 72.1 Å². The van der Waals surface area contributed by atoms with Crippen molar-refractivity contribution >= 4 is 28.8 Å². The molecule has 0 aliphatic rings. The minimum atomic E-state index is -0.985. The average molecular weight is 372 g/mol. The van der Waals surface area contributed by atoms with Gasteiger partial charge in [0.1, 0.15) is 11.5 Å². The van der Waals surface area contributed by atoms with Gasteiger partial charge in [-0.15, -0.1) is 0 Å². The smallest absolute Gasteiger partial charge is 0.248 e. The van der Waals surface area contributed by atoms with Gasteiger partial charge in [-0.3, -0.25) is 4.79 Å². The second-order valence-electron chi connectivity index (χ2n) is 6.05. The van der Waals surface area contributed by atoms with Gasteiger partial charge >= 0.3 is 0 Å². The summed E-state index contributed by atoms with van der Waals surface area (Å²) in [6.07, 6.45) is 7.55. The summed E-state index contributed by atoms with van der Waals surface area (Å²) in [6.45, 7) is 2.16. The Balaban J connectivity index is 1.84. The van der Waals surface area contributed by atoms with Gasteiger partial charge in [0, 0.05) is 11.8 Å². The van der Waals surface area contributed by atoms with E-state index >= 15 is 0 Å². The summed E-state index contributed by atoms with van der Waals surface area (Å²) in [5, 5.41) is 12.0. The lowest BCUT2D eigenvalue weighted by molar-refractivity contribution is -0.111. The van der Waals surface area contributed by atoms with Crippen LogP contribution in [0.4, 0.5) is 5.69 Å². The van der Waals surface area contributed by atoms with Crippen molar-refractivity contribution in [3.63, 3.8) is 0 Å². The van der Waals surface area contributed by atoms with Crippen molar-refractivity contribution in [3.8, 4) is 5.75 Å². The van der Waals surface area contributed by atoms with Crippen molar-refractivity contribution in [3.05, 3.63) is 60.2 Å². The lowest BCUT2D eigenvalue weighted by Crippen LogP contribution is -2.09. The van der Waals surface area contributed by atoms with E-state index in [4.69, 9.17) is 0 Å². The molecule has 1 unspecified atom stereocenters. The molecule has 0 aliphatic carbocycles. The van der Waals surface area contributed by atoms with E-state index < -0.39 is 11.2 Å². The van der Waals surface area contributed by atoms with Crippen LogP contribution in [-0.4, -0.2) is 21.3 Å². The van der Waals surface area contributed by atoms with Gasteiger partial charge in [-0.25, -0.2) is 0 Å². The molecule has 1 amide bonds. The molecule has 0 saturated carbocycles. The van der Waals surface area contributed by atoms with Gasteiger partial charge in [-0.1, -0.05) is 31.9 Å². The van der Waals surface area contributed by atoms with E-state index in [1.165, 1.54) is 18.9 Å². The summed E-state index contributed by atoms with van der Waals surface area (Å²) in [6, 6.07) is 13.7. The molecular weight excluding hydrogens is 346 g/mol. The van der Waals surface area contributed by atoms with Crippen LogP contribution in [0.25, 0.3) is 6.08 Å². The van der Waals surface area contributed by atoms with Crippen LogP contribution in [0.15, 0.2) is 59.5 Å². The molecule has 2 aromatic rings. The predicted octanol–water partition coefficient (Wildman–Crippen LogP) is 4.73. The molecule has 0 aromatic heterocycles. The average Bonchev–Trinajstić information content (AvgIpc) is 2.65. The molecule has 0 bridgehead atoms. The Bertz CT molecular complexity index is 711. The second-order valence-corrected chi connectivity index (χ2v) is 7.62. The number of hydrogen-bond acceptors (Lipinski definition) is 3. The first-order valence-corrected chi connectivity index (χ1v) is 10.2. The van der Waals surface area contributed by atoms with Crippen LogP contribution in [0.5, 0.6) is 5.75 Å². The largest absolute Gasteiger partial charge is 0.611 e. The Labute approximate surface area is 158 Å². The molecule has 0 saturated heterocycles.